The topological polar surface area (TPSA) is 24.5 Å². The molecule has 0 aromatic rings. The lowest BCUT2D eigenvalue weighted by Crippen LogP contribution is -2.45. The molecular weight excluding hydrogens is 200 g/mol. The zero-order valence-electron chi connectivity index (χ0n) is 11.7. The predicted molar refractivity (Wildman–Crippen MR) is 68.8 cm³/mol. The molecule has 3 unspecified atom stereocenters. The summed E-state index contributed by atoms with van der Waals surface area (Å²) < 4.78 is 5.37. The summed E-state index contributed by atoms with van der Waals surface area (Å²) in [6, 6.07) is 1.18. The Hall–Kier alpha value is -0.120. The molecule has 0 bridgehead atoms. The number of rotatable bonds is 4. The van der Waals surface area contributed by atoms with Crippen LogP contribution < -0.4 is 5.32 Å². The van der Waals surface area contributed by atoms with Crippen LogP contribution in [0.1, 0.15) is 34.1 Å². The lowest BCUT2D eigenvalue weighted by atomic mass is 9.87. The van der Waals surface area contributed by atoms with Gasteiger partial charge in [0.15, 0.2) is 0 Å². The molecule has 1 rings (SSSR count). The van der Waals surface area contributed by atoms with Gasteiger partial charge in [-0.25, -0.2) is 0 Å². The highest BCUT2D eigenvalue weighted by atomic mass is 16.5. The monoisotopic (exact) mass is 228 g/mol. The Bertz CT molecular complexity index is 212. The molecule has 96 valence electrons. The Morgan fingerprint density at radius 3 is 2.50 bits per heavy atom. The lowest BCUT2D eigenvalue weighted by molar-refractivity contribution is 0.108. The molecule has 1 aliphatic rings. The molecule has 1 fully saturated rings. The Kier molecular flexibility index (Phi) is 4.77. The zero-order chi connectivity index (χ0) is 12.3. The number of hydrogen-bond donors (Lipinski definition) is 1. The summed E-state index contributed by atoms with van der Waals surface area (Å²) in [4.78, 5) is 2.45. The number of nitrogens with one attached hydrogen (secondary N) is 1. The third-order valence-electron chi connectivity index (χ3n) is 3.94. The van der Waals surface area contributed by atoms with Gasteiger partial charge in [-0.1, -0.05) is 20.8 Å². The van der Waals surface area contributed by atoms with Crippen LogP contribution in [0.25, 0.3) is 0 Å². The van der Waals surface area contributed by atoms with Crippen molar-refractivity contribution < 1.29 is 4.74 Å². The summed E-state index contributed by atoms with van der Waals surface area (Å²) in [7, 11) is 4.02. The quantitative estimate of drug-likeness (QED) is 0.793. The smallest absolute Gasteiger partial charge is 0.0711 e. The van der Waals surface area contributed by atoms with E-state index in [1.807, 2.05) is 0 Å². The van der Waals surface area contributed by atoms with Crippen LogP contribution in [0.5, 0.6) is 0 Å². The molecule has 16 heavy (non-hydrogen) atoms. The Morgan fingerprint density at radius 2 is 2.06 bits per heavy atom. The van der Waals surface area contributed by atoms with Crippen molar-refractivity contribution in [3.8, 4) is 0 Å². The van der Waals surface area contributed by atoms with Crippen LogP contribution in [-0.4, -0.2) is 50.3 Å². The zero-order valence-corrected chi connectivity index (χ0v) is 11.7. The van der Waals surface area contributed by atoms with Crippen molar-refractivity contribution in [1.82, 2.24) is 10.2 Å². The molecule has 0 aromatic heterocycles. The van der Waals surface area contributed by atoms with Gasteiger partial charge in [0, 0.05) is 32.3 Å². The second-order valence-electron chi connectivity index (χ2n) is 6.18. The maximum Gasteiger partial charge on any atom is 0.0711 e. The molecule has 3 heteroatoms. The van der Waals surface area contributed by atoms with Crippen LogP contribution in [0.2, 0.25) is 0 Å². The number of likely N-dealkylation sites (N-methyl/N-ethyl adjacent to an activating group) is 1. The molecule has 3 nitrogen and oxygen atoms in total. The van der Waals surface area contributed by atoms with Gasteiger partial charge in [-0.3, -0.25) is 0 Å². The summed E-state index contributed by atoms with van der Waals surface area (Å²) in [5.74, 6) is 0. The molecule has 1 N–H and O–H groups in total. The van der Waals surface area contributed by atoms with Crippen LogP contribution in [0, 0.1) is 5.41 Å². The van der Waals surface area contributed by atoms with Crippen LogP contribution in [0.4, 0.5) is 0 Å². The first-order valence-corrected chi connectivity index (χ1v) is 6.31. The van der Waals surface area contributed by atoms with E-state index in [0.717, 1.165) is 19.5 Å². The van der Waals surface area contributed by atoms with Gasteiger partial charge in [-0.05, 0) is 25.8 Å². The fraction of sp³-hybridized carbons (Fsp3) is 1.00. The number of methoxy groups -OCH3 is 1. The Labute approximate surface area is 101 Å². The minimum atomic E-state index is 0.341. The molecule has 0 amide bonds. The molecule has 1 saturated heterocycles. The molecule has 1 aliphatic heterocycles. The molecule has 0 aromatic carbocycles. The fourth-order valence-corrected chi connectivity index (χ4v) is 2.27. The van der Waals surface area contributed by atoms with E-state index in [4.69, 9.17) is 4.74 Å². The van der Waals surface area contributed by atoms with E-state index >= 15 is 0 Å². The lowest BCUT2D eigenvalue weighted by Gasteiger charge is -2.36. The number of hydrogen-bond acceptors (Lipinski definition) is 3. The number of nitrogens with zero attached hydrogens (tertiary/aromatic N) is 1. The Morgan fingerprint density at radius 1 is 1.44 bits per heavy atom. The standard InChI is InChI=1S/C13H28N2O/c1-10(13(2,3)4)15(5)9-11-7-12(16-6)8-14-11/h10-12,14H,7-9H2,1-6H3. The van der Waals surface area contributed by atoms with Crippen molar-refractivity contribution in [2.75, 3.05) is 27.2 Å². The average molecular weight is 228 g/mol. The molecule has 3 atom stereocenters. The molecular formula is C13H28N2O. The Balaban J connectivity index is 2.38. The molecule has 0 radical (unpaired) electrons. The predicted octanol–water partition coefficient (Wildman–Crippen LogP) is 1.73. The van der Waals surface area contributed by atoms with Gasteiger partial charge in [-0.2, -0.15) is 0 Å². The van der Waals surface area contributed by atoms with E-state index in [2.05, 4.69) is 45.0 Å². The fourth-order valence-electron chi connectivity index (χ4n) is 2.27. The van der Waals surface area contributed by atoms with E-state index in [9.17, 15) is 0 Å². The highest BCUT2D eigenvalue weighted by Crippen LogP contribution is 2.23. The van der Waals surface area contributed by atoms with Gasteiger partial charge in [0.1, 0.15) is 0 Å². The highest BCUT2D eigenvalue weighted by Gasteiger charge is 2.29. The molecule has 0 aliphatic carbocycles. The summed E-state index contributed by atoms with van der Waals surface area (Å²) in [5.41, 5.74) is 0.341. The van der Waals surface area contributed by atoms with E-state index in [1.54, 1.807) is 7.11 Å². The first kappa shape index (κ1) is 13.9. The van der Waals surface area contributed by atoms with Crippen LogP contribution in [-0.2, 0) is 4.74 Å². The molecule has 0 saturated carbocycles. The van der Waals surface area contributed by atoms with Gasteiger partial charge in [-0.15, -0.1) is 0 Å². The molecule has 0 spiro atoms. The maximum absolute atomic E-state index is 5.37. The second-order valence-corrected chi connectivity index (χ2v) is 6.18. The largest absolute Gasteiger partial charge is 0.380 e. The maximum atomic E-state index is 5.37. The minimum absolute atomic E-state index is 0.341. The van der Waals surface area contributed by atoms with Crippen molar-refractivity contribution in [2.24, 2.45) is 5.41 Å². The first-order valence-electron chi connectivity index (χ1n) is 6.31. The highest BCUT2D eigenvalue weighted by molar-refractivity contribution is 4.86. The van der Waals surface area contributed by atoms with Gasteiger partial charge < -0.3 is 15.0 Å². The minimum Gasteiger partial charge on any atom is -0.380 e. The van der Waals surface area contributed by atoms with Gasteiger partial charge >= 0.3 is 0 Å². The van der Waals surface area contributed by atoms with Gasteiger partial charge in [0.25, 0.3) is 0 Å². The van der Waals surface area contributed by atoms with Crippen LogP contribution >= 0.6 is 0 Å². The van der Waals surface area contributed by atoms with Crippen molar-refractivity contribution >= 4 is 0 Å². The SMILES string of the molecule is COC1CNC(CN(C)C(C)C(C)(C)C)C1. The van der Waals surface area contributed by atoms with Crippen LogP contribution in [0.3, 0.4) is 0 Å². The summed E-state index contributed by atoms with van der Waals surface area (Å²) in [5, 5.41) is 3.53. The van der Waals surface area contributed by atoms with Crippen LogP contribution in [0.15, 0.2) is 0 Å². The van der Waals surface area contributed by atoms with E-state index < -0.39 is 0 Å². The average Bonchev–Trinajstić information content (AvgIpc) is 2.63. The van der Waals surface area contributed by atoms with Crippen molar-refractivity contribution in [2.45, 2.75) is 52.3 Å². The van der Waals surface area contributed by atoms with E-state index in [1.165, 1.54) is 0 Å². The van der Waals surface area contributed by atoms with Crippen molar-refractivity contribution in [1.29, 1.82) is 0 Å². The second kappa shape index (κ2) is 5.48. The van der Waals surface area contributed by atoms with E-state index in [-0.39, 0.29) is 0 Å². The molecule has 1 heterocycles. The summed E-state index contributed by atoms with van der Waals surface area (Å²) in [6.07, 6.45) is 1.54. The van der Waals surface area contributed by atoms with E-state index in [0.29, 0.717) is 23.6 Å². The number of ether oxygens (including phenoxy) is 1. The van der Waals surface area contributed by atoms with Crippen molar-refractivity contribution in [3.63, 3.8) is 0 Å². The van der Waals surface area contributed by atoms with Crippen molar-refractivity contribution in [3.05, 3.63) is 0 Å². The summed E-state index contributed by atoms with van der Waals surface area (Å²) in [6.45, 7) is 11.3. The van der Waals surface area contributed by atoms with Gasteiger partial charge in [0.2, 0.25) is 0 Å². The first-order chi connectivity index (χ1) is 7.34. The third-order valence-corrected chi connectivity index (χ3v) is 3.94. The van der Waals surface area contributed by atoms with Gasteiger partial charge in [0.05, 0.1) is 6.10 Å². The normalized spacial score (nSPS) is 28.7. The third kappa shape index (κ3) is 3.72. The summed E-state index contributed by atoms with van der Waals surface area (Å²) >= 11 is 0.